The van der Waals surface area contributed by atoms with Crippen molar-refractivity contribution in [3.8, 4) is 11.3 Å². The minimum absolute atomic E-state index is 0.255. The Morgan fingerprint density at radius 2 is 1.85 bits per heavy atom. The highest BCUT2D eigenvalue weighted by atomic mass is 19.1. The highest BCUT2D eigenvalue weighted by molar-refractivity contribution is 6.13. The van der Waals surface area contributed by atoms with Gasteiger partial charge < -0.3 is 14.4 Å². The molecule has 0 bridgehead atoms. The third-order valence-electron chi connectivity index (χ3n) is 5.49. The summed E-state index contributed by atoms with van der Waals surface area (Å²) in [4.78, 5) is 21.9. The number of carbonyl (C=O) groups is 1. The molecule has 164 valence electrons. The quantitative estimate of drug-likeness (QED) is 0.408. The van der Waals surface area contributed by atoms with E-state index in [1.54, 1.807) is 31.3 Å². The number of aryl methyl sites for hydroxylation is 2. The van der Waals surface area contributed by atoms with E-state index >= 15 is 0 Å². The number of fused-ring (bicyclic) bond motifs is 1. The van der Waals surface area contributed by atoms with E-state index in [2.05, 4.69) is 20.4 Å². The van der Waals surface area contributed by atoms with Crippen LogP contribution in [0.1, 0.15) is 27.4 Å². The zero-order valence-corrected chi connectivity index (χ0v) is 18.0. The maximum atomic E-state index is 13.3. The van der Waals surface area contributed by atoms with Gasteiger partial charge in [-0.25, -0.2) is 14.4 Å². The number of nitrogens with zero attached hydrogens (tertiary/aromatic N) is 4. The largest absolute Gasteiger partial charge is 0.335 e. The molecule has 5 aromatic rings. The monoisotopic (exact) mass is 441 g/mol. The predicted octanol–water partition coefficient (Wildman–Crippen LogP) is 5.14. The van der Waals surface area contributed by atoms with Gasteiger partial charge in [-0.2, -0.15) is 0 Å². The van der Waals surface area contributed by atoms with Crippen molar-refractivity contribution in [2.24, 2.45) is 0 Å². The number of imidazole rings is 1. The van der Waals surface area contributed by atoms with Crippen LogP contribution in [0.3, 0.4) is 0 Å². The first kappa shape index (κ1) is 20.6. The van der Waals surface area contributed by atoms with Gasteiger partial charge in [-0.1, -0.05) is 17.3 Å². The van der Waals surface area contributed by atoms with Crippen molar-refractivity contribution < 1.29 is 13.7 Å². The Hall–Kier alpha value is -4.33. The van der Waals surface area contributed by atoms with E-state index in [4.69, 9.17) is 4.52 Å². The molecule has 0 spiro atoms. The van der Waals surface area contributed by atoms with Crippen LogP contribution in [-0.4, -0.2) is 25.6 Å². The Morgan fingerprint density at radius 3 is 2.55 bits per heavy atom. The first-order chi connectivity index (χ1) is 16.0. The number of halogens is 1. The standard InChI is InChI=1S/C25H20FN5O2/c1-15-23-21(13-22(29-25(23)33-30-15)18-5-7-19(26)8-6-18)24(32)28-20-9-3-17(4-10-20)14-31-12-11-27-16(31)2/h3-13H,14H2,1-2H3,(H,28,32). The maximum absolute atomic E-state index is 13.3. The van der Waals surface area contributed by atoms with Crippen LogP contribution >= 0.6 is 0 Å². The average molecular weight is 441 g/mol. The van der Waals surface area contributed by atoms with Crippen LogP contribution in [0.2, 0.25) is 0 Å². The molecule has 0 atom stereocenters. The molecule has 0 unspecified atom stereocenters. The topological polar surface area (TPSA) is 85.8 Å². The van der Waals surface area contributed by atoms with Gasteiger partial charge in [0.1, 0.15) is 11.6 Å². The van der Waals surface area contributed by atoms with E-state index < -0.39 is 0 Å². The lowest BCUT2D eigenvalue weighted by molar-refractivity contribution is 0.102. The van der Waals surface area contributed by atoms with Crippen molar-refractivity contribution in [1.82, 2.24) is 19.7 Å². The minimum atomic E-state index is -0.347. The Bertz CT molecular complexity index is 1450. The number of benzene rings is 2. The van der Waals surface area contributed by atoms with Crippen molar-refractivity contribution in [3.05, 3.63) is 95.5 Å². The second kappa shape index (κ2) is 8.31. The van der Waals surface area contributed by atoms with Crippen molar-refractivity contribution >= 4 is 22.7 Å². The summed E-state index contributed by atoms with van der Waals surface area (Å²) in [5.74, 6) is 0.283. The molecule has 0 saturated heterocycles. The summed E-state index contributed by atoms with van der Waals surface area (Å²) in [6.45, 7) is 4.41. The number of hydrogen-bond donors (Lipinski definition) is 1. The zero-order valence-electron chi connectivity index (χ0n) is 18.0. The number of aromatic nitrogens is 4. The van der Waals surface area contributed by atoms with E-state index in [0.29, 0.717) is 40.1 Å². The molecule has 0 saturated carbocycles. The van der Waals surface area contributed by atoms with Crippen LogP contribution in [0.15, 0.2) is 71.5 Å². The Labute approximate surface area is 188 Å². The maximum Gasteiger partial charge on any atom is 0.259 e. The van der Waals surface area contributed by atoms with Gasteiger partial charge in [0, 0.05) is 30.2 Å². The first-order valence-corrected chi connectivity index (χ1v) is 10.4. The minimum Gasteiger partial charge on any atom is -0.335 e. The van der Waals surface area contributed by atoms with Crippen molar-refractivity contribution in [2.75, 3.05) is 5.32 Å². The number of nitrogens with one attached hydrogen (secondary N) is 1. The molecule has 0 aliphatic rings. The summed E-state index contributed by atoms with van der Waals surface area (Å²) in [7, 11) is 0. The molecule has 0 fully saturated rings. The number of hydrogen-bond acceptors (Lipinski definition) is 5. The van der Waals surface area contributed by atoms with Crippen LogP contribution in [0.25, 0.3) is 22.4 Å². The van der Waals surface area contributed by atoms with Crippen molar-refractivity contribution in [1.29, 1.82) is 0 Å². The Balaban J connectivity index is 1.43. The van der Waals surface area contributed by atoms with Crippen LogP contribution in [0.5, 0.6) is 0 Å². The Kier molecular flexibility index (Phi) is 5.18. The van der Waals surface area contributed by atoms with Gasteiger partial charge in [-0.3, -0.25) is 4.79 Å². The lowest BCUT2D eigenvalue weighted by atomic mass is 10.0. The molecule has 3 heterocycles. The fourth-order valence-corrected chi connectivity index (χ4v) is 3.70. The molecular weight excluding hydrogens is 421 g/mol. The van der Waals surface area contributed by atoms with Gasteiger partial charge >= 0.3 is 0 Å². The molecule has 0 aliphatic carbocycles. The summed E-state index contributed by atoms with van der Waals surface area (Å²) in [6.07, 6.45) is 3.70. The fourth-order valence-electron chi connectivity index (χ4n) is 3.70. The summed E-state index contributed by atoms with van der Waals surface area (Å²) in [6, 6.07) is 15.2. The second-order valence-corrected chi connectivity index (χ2v) is 7.76. The Morgan fingerprint density at radius 1 is 1.09 bits per heavy atom. The number of rotatable bonds is 5. The van der Waals surface area contributed by atoms with Crippen LogP contribution in [0, 0.1) is 19.7 Å². The number of pyridine rings is 1. The van der Waals surface area contributed by atoms with Gasteiger partial charge in [0.05, 0.1) is 22.3 Å². The lowest BCUT2D eigenvalue weighted by Gasteiger charge is -2.10. The fraction of sp³-hybridized carbons (Fsp3) is 0.120. The summed E-state index contributed by atoms with van der Waals surface area (Å²) < 4.78 is 20.7. The van der Waals surface area contributed by atoms with Crippen LogP contribution in [-0.2, 0) is 6.54 Å². The lowest BCUT2D eigenvalue weighted by Crippen LogP contribution is -2.13. The van der Waals surface area contributed by atoms with Crippen molar-refractivity contribution in [2.45, 2.75) is 20.4 Å². The third-order valence-corrected chi connectivity index (χ3v) is 5.49. The zero-order chi connectivity index (χ0) is 22.9. The summed E-state index contributed by atoms with van der Waals surface area (Å²) >= 11 is 0. The number of carbonyl (C=O) groups excluding carboxylic acids is 1. The highest BCUT2D eigenvalue weighted by Crippen LogP contribution is 2.28. The van der Waals surface area contributed by atoms with Gasteiger partial charge in [0.2, 0.25) is 0 Å². The molecular formula is C25H20FN5O2. The second-order valence-electron chi connectivity index (χ2n) is 7.76. The van der Waals surface area contributed by atoms with Crippen molar-refractivity contribution in [3.63, 3.8) is 0 Å². The van der Waals surface area contributed by atoms with Gasteiger partial charge in [0.25, 0.3) is 11.6 Å². The molecule has 1 N–H and O–H groups in total. The van der Waals surface area contributed by atoms with E-state index in [-0.39, 0.29) is 17.4 Å². The van der Waals surface area contributed by atoms with Crippen LogP contribution < -0.4 is 5.32 Å². The van der Waals surface area contributed by atoms with Gasteiger partial charge in [-0.15, -0.1) is 0 Å². The molecule has 7 nitrogen and oxygen atoms in total. The molecule has 3 aromatic heterocycles. The van der Waals surface area contributed by atoms with E-state index in [9.17, 15) is 9.18 Å². The average Bonchev–Trinajstić information content (AvgIpc) is 3.40. The smallest absolute Gasteiger partial charge is 0.259 e. The molecule has 0 aliphatic heterocycles. The SMILES string of the molecule is Cc1noc2nc(-c3ccc(F)cc3)cc(C(=O)Nc3ccc(Cn4ccnc4C)cc3)c12. The third kappa shape index (κ3) is 4.10. The summed E-state index contributed by atoms with van der Waals surface area (Å²) in [5, 5.41) is 7.45. The van der Waals surface area contributed by atoms with E-state index in [1.165, 1.54) is 12.1 Å². The number of amides is 1. The van der Waals surface area contributed by atoms with E-state index in [0.717, 1.165) is 11.4 Å². The molecule has 5 rings (SSSR count). The number of anilines is 1. The molecule has 8 heteroatoms. The molecule has 1 amide bonds. The molecule has 2 aromatic carbocycles. The predicted molar refractivity (Wildman–Crippen MR) is 122 cm³/mol. The van der Waals surface area contributed by atoms with Gasteiger partial charge in [-0.05, 0) is 61.9 Å². The van der Waals surface area contributed by atoms with E-state index in [1.807, 2.05) is 42.0 Å². The molecule has 33 heavy (non-hydrogen) atoms. The summed E-state index contributed by atoms with van der Waals surface area (Å²) in [5.41, 5.74) is 4.12. The molecule has 0 radical (unpaired) electrons. The van der Waals surface area contributed by atoms with Gasteiger partial charge in [0.15, 0.2) is 0 Å². The highest BCUT2D eigenvalue weighted by Gasteiger charge is 2.19. The van der Waals surface area contributed by atoms with Crippen LogP contribution in [0.4, 0.5) is 10.1 Å². The first-order valence-electron chi connectivity index (χ1n) is 10.4. The normalized spacial score (nSPS) is 11.1.